The lowest BCUT2D eigenvalue weighted by Gasteiger charge is -2.31. The third-order valence-electron chi connectivity index (χ3n) is 3.48. The van der Waals surface area contributed by atoms with Crippen molar-refractivity contribution in [2.75, 3.05) is 26.2 Å². The van der Waals surface area contributed by atoms with E-state index < -0.39 is 16.2 Å². The van der Waals surface area contributed by atoms with Crippen LogP contribution in [0.5, 0.6) is 0 Å². The van der Waals surface area contributed by atoms with Crippen LogP contribution in [0.3, 0.4) is 0 Å². The van der Waals surface area contributed by atoms with Gasteiger partial charge in [0.1, 0.15) is 6.54 Å². The summed E-state index contributed by atoms with van der Waals surface area (Å²) < 4.78 is 32.8. The zero-order valence-electron chi connectivity index (χ0n) is 11.4. The molecule has 2 aliphatic rings. The van der Waals surface area contributed by atoms with Crippen molar-refractivity contribution in [3.63, 3.8) is 0 Å². The minimum atomic E-state index is -3.51. The summed E-state index contributed by atoms with van der Waals surface area (Å²) in [7, 11) is -3.51. The van der Waals surface area contributed by atoms with E-state index in [2.05, 4.69) is 0 Å². The van der Waals surface area contributed by atoms with Gasteiger partial charge in [-0.25, -0.2) is 0 Å². The molecule has 0 radical (unpaired) electrons. The Morgan fingerprint density at radius 3 is 2.42 bits per heavy atom. The lowest BCUT2D eigenvalue weighted by atomic mass is 10.2. The summed E-state index contributed by atoms with van der Waals surface area (Å²) in [5.74, 6) is -0.463. The summed E-state index contributed by atoms with van der Waals surface area (Å²) in [6.45, 7) is 2.97. The molecule has 19 heavy (non-hydrogen) atoms. The van der Waals surface area contributed by atoms with Gasteiger partial charge in [0.25, 0.3) is 10.2 Å². The van der Waals surface area contributed by atoms with Crippen molar-refractivity contribution in [2.24, 2.45) is 0 Å². The van der Waals surface area contributed by atoms with Gasteiger partial charge in [-0.3, -0.25) is 4.79 Å². The Labute approximate surface area is 114 Å². The van der Waals surface area contributed by atoms with Crippen molar-refractivity contribution in [3.8, 4) is 0 Å². The van der Waals surface area contributed by atoms with Crippen LogP contribution in [0, 0.1) is 0 Å². The Hall–Kier alpha value is -0.660. The number of carbonyl (C=O) groups excluding carboxylic acids is 1. The van der Waals surface area contributed by atoms with Crippen LogP contribution in [0.25, 0.3) is 0 Å². The molecular weight excluding hydrogens is 268 g/mol. The lowest BCUT2D eigenvalue weighted by molar-refractivity contribution is -0.143. The monoisotopic (exact) mass is 290 g/mol. The summed E-state index contributed by atoms with van der Waals surface area (Å²) >= 11 is 0. The molecule has 7 heteroatoms. The number of carbonyl (C=O) groups is 1. The predicted molar refractivity (Wildman–Crippen MR) is 70.7 cm³/mol. The first-order valence-corrected chi connectivity index (χ1v) is 8.38. The van der Waals surface area contributed by atoms with Crippen LogP contribution in [0.2, 0.25) is 0 Å². The van der Waals surface area contributed by atoms with Gasteiger partial charge >= 0.3 is 5.97 Å². The zero-order valence-corrected chi connectivity index (χ0v) is 12.2. The van der Waals surface area contributed by atoms with Crippen LogP contribution in [0.1, 0.15) is 39.0 Å². The van der Waals surface area contributed by atoms with E-state index in [9.17, 15) is 13.2 Å². The molecule has 0 aromatic carbocycles. The van der Waals surface area contributed by atoms with Crippen molar-refractivity contribution in [2.45, 2.75) is 45.1 Å². The van der Waals surface area contributed by atoms with Crippen LogP contribution in [-0.4, -0.2) is 55.3 Å². The van der Waals surface area contributed by atoms with Gasteiger partial charge in [0.05, 0.1) is 6.61 Å². The molecule has 0 atom stereocenters. The third-order valence-corrected chi connectivity index (χ3v) is 5.52. The third kappa shape index (κ3) is 3.67. The standard InChI is InChI=1S/C12H22N2O4S/c1-2-18-12(15)10-14(11-6-7-11)19(16,17)13-8-4-3-5-9-13/h11H,2-10H2,1H3. The van der Waals surface area contributed by atoms with Gasteiger partial charge in [-0.15, -0.1) is 0 Å². The van der Waals surface area contributed by atoms with E-state index in [0.717, 1.165) is 32.1 Å². The molecule has 1 aliphatic heterocycles. The van der Waals surface area contributed by atoms with Crippen LogP contribution in [0.15, 0.2) is 0 Å². The van der Waals surface area contributed by atoms with Gasteiger partial charge in [0, 0.05) is 19.1 Å². The van der Waals surface area contributed by atoms with Crippen molar-refractivity contribution in [1.82, 2.24) is 8.61 Å². The van der Waals surface area contributed by atoms with E-state index in [1.54, 1.807) is 6.92 Å². The number of piperidine rings is 1. The maximum atomic E-state index is 12.6. The van der Waals surface area contributed by atoms with Gasteiger partial charge in [-0.1, -0.05) is 6.42 Å². The molecule has 0 aromatic heterocycles. The lowest BCUT2D eigenvalue weighted by Crippen LogP contribution is -2.48. The van der Waals surface area contributed by atoms with Crippen LogP contribution in [0.4, 0.5) is 0 Å². The molecule has 0 bridgehead atoms. The van der Waals surface area contributed by atoms with E-state index in [-0.39, 0.29) is 19.2 Å². The molecule has 1 saturated heterocycles. The molecule has 0 spiro atoms. The predicted octanol–water partition coefficient (Wildman–Crippen LogP) is 0.745. The highest BCUT2D eigenvalue weighted by molar-refractivity contribution is 7.86. The van der Waals surface area contributed by atoms with Gasteiger partial charge in [0.2, 0.25) is 0 Å². The Bertz CT molecular complexity index is 413. The minimum Gasteiger partial charge on any atom is -0.465 e. The quantitative estimate of drug-likeness (QED) is 0.677. The molecule has 2 rings (SSSR count). The van der Waals surface area contributed by atoms with E-state index in [1.807, 2.05) is 0 Å². The summed E-state index contributed by atoms with van der Waals surface area (Å²) in [6, 6.07) is -0.0173. The summed E-state index contributed by atoms with van der Waals surface area (Å²) in [4.78, 5) is 11.6. The first-order chi connectivity index (χ1) is 9.05. The number of hydrogen-bond acceptors (Lipinski definition) is 4. The van der Waals surface area contributed by atoms with E-state index >= 15 is 0 Å². The Morgan fingerprint density at radius 2 is 1.89 bits per heavy atom. The molecule has 1 heterocycles. The van der Waals surface area contributed by atoms with Crippen LogP contribution < -0.4 is 0 Å². The van der Waals surface area contributed by atoms with Crippen molar-refractivity contribution in [3.05, 3.63) is 0 Å². The molecule has 0 N–H and O–H groups in total. The van der Waals surface area contributed by atoms with E-state index in [0.29, 0.717) is 13.1 Å². The smallest absolute Gasteiger partial charge is 0.321 e. The molecule has 1 saturated carbocycles. The number of esters is 1. The van der Waals surface area contributed by atoms with Crippen molar-refractivity contribution in [1.29, 1.82) is 0 Å². The fraction of sp³-hybridized carbons (Fsp3) is 0.917. The number of hydrogen-bond donors (Lipinski definition) is 0. The molecule has 0 aromatic rings. The Kier molecular flexibility index (Phi) is 4.81. The van der Waals surface area contributed by atoms with Gasteiger partial charge in [0.15, 0.2) is 0 Å². The highest BCUT2D eigenvalue weighted by Crippen LogP contribution is 2.31. The average molecular weight is 290 g/mol. The SMILES string of the molecule is CCOC(=O)CN(C1CC1)S(=O)(=O)N1CCCCC1. The van der Waals surface area contributed by atoms with Gasteiger partial charge < -0.3 is 4.74 Å². The second-order valence-electron chi connectivity index (χ2n) is 5.05. The molecule has 1 aliphatic carbocycles. The second-order valence-corrected chi connectivity index (χ2v) is 6.93. The zero-order chi connectivity index (χ0) is 13.9. The average Bonchev–Trinajstić information content (AvgIpc) is 3.21. The highest BCUT2D eigenvalue weighted by Gasteiger charge is 2.41. The fourth-order valence-electron chi connectivity index (χ4n) is 2.34. The first kappa shape index (κ1) is 14.7. The number of ether oxygens (including phenoxy) is 1. The largest absolute Gasteiger partial charge is 0.465 e. The normalized spacial score (nSPS) is 21.6. The van der Waals surface area contributed by atoms with Crippen LogP contribution in [-0.2, 0) is 19.7 Å². The highest BCUT2D eigenvalue weighted by atomic mass is 32.2. The van der Waals surface area contributed by atoms with Gasteiger partial charge in [-0.05, 0) is 32.6 Å². The maximum absolute atomic E-state index is 12.6. The second kappa shape index (κ2) is 6.19. The molecule has 0 unspecified atom stereocenters. The van der Waals surface area contributed by atoms with Gasteiger partial charge in [-0.2, -0.15) is 17.0 Å². The van der Waals surface area contributed by atoms with Crippen LogP contribution >= 0.6 is 0 Å². The van der Waals surface area contributed by atoms with E-state index in [1.165, 1.54) is 8.61 Å². The topological polar surface area (TPSA) is 66.9 Å². The first-order valence-electron chi connectivity index (χ1n) is 6.98. The van der Waals surface area contributed by atoms with Crippen molar-refractivity contribution < 1.29 is 17.9 Å². The summed E-state index contributed by atoms with van der Waals surface area (Å²) in [6.07, 6.45) is 4.56. The number of nitrogens with zero attached hydrogens (tertiary/aromatic N) is 2. The minimum absolute atomic E-state index is 0.0173. The summed E-state index contributed by atoms with van der Waals surface area (Å²) in [5.41, 5.74) is 0. The molecule has 2 fully saturated rings. The molecule has 6 nitrogen and oxygen atoms in total. The van der Waals surface area contributed by atoms with Crippen molar-refractivity contribution >= 4 is 16.2 Å². The summed E-state index contributed by atoms with van der Waals surface area (Å²) in [5, 5.41) is 0. The molecule has 0 amide bonds. The van der Waals surface area contributed by atoms with E-state index in [4.69, 9.17) is 4.74 Å². The Balaban J connectivity index is 2.06. The number of rotatable bonds is 6. The molecule has 110 valence electrons. The Morgan fingerprint density at radius 1 is 1.26 bits per heavy atom. The maximum Gasteiger partial charge on any atom is 0.321 e. The fourth-order valence-corrected chi connectivity index (χ4v) is 4.21. The molecular formula is C12H22N2O4S.